The van der Waals surface area contributed by atoms with Gasteiger partial charge in [0.1, 0.15) is 18.1 Å². The summed E-state index contributed by atoms with van der Waals surface area (Å²) < 4.78 is 9.79. The van der Waals surface area contributed by atoms with Gasteiger partial charge in [0.15, 0.2) is 0 Å². The number of rotatable bonds is 12. The van der Waals surface area contributed by atoms with Crippen LogP contribution in [0.25, 0.3) is 0 Å². The molecule has 12 heteroatoms. The standard InChI is InChI=1S/C23H32N4O7.ClH/c1-4-33-20(29)11-10-17(23(32)34-5-2)27-21(30)14(3)25-19(28)13-24-22(31)18-12-15-8-6-7-9-16(15)26-18;/h6-9,14,17-18,26H,4-5,10-13H2,1-3H3,(H,24,31)(H,25,28)(H,27,30);1H/t14-,17+,18?;/m0./s1. The lowest BCUT2D eigenvalue weighted by molar-refractivity contribution is -0.149. The summed E-state index contributed by atoms with van der Waals surface area (Å²) in [5, 5.41) is 10.6. The molecule has 11 nitrogen and oxygen atoms in total. The van der Waals surface area contributed by atoms with Crippen molar-refractivity contribution in [2.45, 2.75) is 58.2 Å². The molecule has 1 aromatic carbocycles. The average Bonchev–Trinajstić information content (AvgIpc) is 3.24. The highest BCUT2D eigenvalue weighted by molar-refractivity contribution is 5.93. The van der Waals surface area contributed by atoms with Crippen LogP contribution in [0.2, 0.25) is 0 Å². The molecule has 1 aliphatic heterocycles. The van der Waals surface area contributed by atoms with E-state index in [-0.39, 0.29) is 50.9 Å². The van der Waals surface area contributed by atoms with E-state index in [2.05, 4.69) is 21.3 Å². The summed E-state index contributed by atoms with van der Waals surface area (Å²) >= 11 is 0. The van der Waals surface area contributed by atoms with Gasteiger partial charge in [-0.1, -0.05) is 18.2 Å². The van der Waals surface area contributed by atoms with E-state index in [0.29, 0.717) is 6.42 Å². The SMILES string of the molecule is CCOC(=O)CC[C@@H](NC(=O)[C@H](C)NC(=O)CNC(=O)C1Cc2ccccc2N1)C(=O)OCC.Cl. The molecule has 3 atom stereocenters. The Hall–Kier alpha value is -3.34. The Labute approximate surface area is 210 Å². The monoisotopic (exact) mass is 512 g/mol. The van der Waals surface area contributed by atoms with Crippen molar-refractivity contribution >= 4 is 47.8 Å². The van der Waals surface area contributed by atoms with Crippen LogP contribution in [0.3, 0.4) is 0 Å². The van der Waals surface area contributed by atoms with E-state index in [1.165, 1.54) is 6.92 Å². The van der Waals surface area contributed by atoms with Gasteiger partial charge in [0, 0.05) is 18.5 Å². The van der Waals surface area contributed by atoms with Crippen LogP contribution < -0.4 is 21.3 Å². The van der Waals surface area contributed by atoms with E-state index >= 15 is 0 Å². The fraction of sp³-hybridized carbons (Fsp3) is 0.522. The maximum Gasteiger partial charge on any atom is 0.328 e. The van der Waals surface area contributed by atoms with Crippen LogP contribution in [-0.4, -0.2) is 67.5 Å². The number of ether oxygens (including phenoxy) is 2. The quantitative estimate of drug-likeness (QED) is 0.295. The van der Waals surface area contributed by atoms with Gasteiger partial charge in [-0.15, -0.1) is 12.4 Å². The number of anilines is 1. The molecule has 0 aliphatic carbocycles. The van der Waals surface area contributed by atoms with Gasteiger partial charge in [-0.25, -0.2) is 4.79 Å². The first-order valence-electron chi connectivity index (χ1n) is 11.3. The number of fused-ring (bicyclic) bond motifs is 1. The summed E-state index contributed by atoms with van der Waals surface area (Å²) in [7, 11) is 0. The number of para-hydroxylation sites is 1. The smallest absolute Gasteiger partial charge is 0.328 e. The molecule has 2 rings (SSSR count). The summed E-state index contributed by atoms with van der Waals surface area (Å²) in [5.74, 6) is -2.70. The number of nitrogens with one attached hydrogen (secondary N) is 4. The second-order valence-corrected chi connectivity index (χ2v) is 7.72. The van der Waals surface area contributed by atoms with E-state index in [9.17, 15) is 24.0 Å². The summed E-state index contributed by atoms with van der Waals surface area (Å²) in [4.78, 5) is 60.8. The second kappa shape index (κ2) is 14.8. The van der Waals surface area contributed by atoms with Crippen molar-refractivity contribution in [1.29, 1.82) is 0 Å². The molecule has 1 aromatic rings. The molecule has 35 heavy (non-hydrogen) atoms. The summed E-state index contributed by atoms with van der Waals surface area (Å²) in [6.45, 7) is 4.74. The highest BCUT2D eigenvalue weighted by Gasteiger charge is 2.28. The summed E-state index contributed by atoms with van der Waals surface area (Å²) in [6, 6.07) is 5.05. The first-order chi connectivity index (χ1) is 16.2. The van der Waals surface area contributed by atoms with Gasteiger partial charge >= 0.3 is 11.9 Å². The van der Waals surface area contributed by atoms with Crippen molar-refractivity contribution in [3.05, 3.63) is 29.8 Å². The largest absolute Gasteiger partial charge is 0.466 e. The molecule has 3 amide bonds. The fourth-order valence-corrected chi connectivity index (χ4v) is 3.39. The van der Waals surface area contributed by atoms with Gasteiger partial charge in [-0.05, 0) is 38.8 Å². The van der Waals surface area contributed by atoms with Gasteiger partial charge in [0.25, 0.3) is 0 Å². The molecule has 4 N–H and O–H groups in total. The predicted octanol–water partition coefficient (Wildman–Crippen LogP) is 0.457. The lowest BCUT2D eigenvalue weighted by Crippen LogP contribution is -2.52. The zero-order valence-corrected chi connectivity index (χ0v) is 20.9. The molecule has 0 saturated heterocycles. The topological polar surface area (TPSA) is 152 Å². The van der Waals surface area contributed by atoms with Gasteiger partial charge in [0.05, 0.1) is 19.8 Å². The number of carbonyl (C=O) groups excluding carboxylic acids is 5. The third kappa shape index (κ3) is 9.44. The average molecular weight is 513 g/mol. The van der Waals surface area contributed by atoms with Crippen molar-refractivity contribution in [2.24, 2.45) is 0 Å². The Morgan fingerprint density at radius 1 is 1.06 bits per heavy atom. The zero-order chi connectivity index (χ0) is 25.1. The van der Waals surface area contributed by atoms with Crippen molar-refractivity contribution in [3.63, 3.8) is 0 Å². The lowest BCUT2D eigenvalue weighted by atomic mass is 10.1. The Kier molecular flexibility index (Phi) is 12.6. The van der Waals surface area contributed by atoms with Gasteiger partial charge in [-0.3, -0.25) is 19.2 Å². The van der Waals surface area contributed by atoms with E-state index in [1.54, 1.807) is 13.8 Å². The Morgan fingerprint density at radius 3 is 2.40 bits per heavy atom. The number of carbonyl (C=O) groups is 5. The maximum atomic E-state index is 12.5. The van der Waals surface area contributed by atoms with Crippen molar-refractivity contribution in [3.8, 4) is 0 Å². The Bertz CT molecular complexity index is 887. The molecular weight excluding hydrogens is 480 g/mol. The molecule has 1 heterocycles. The Morgan fingerprint density at radius 2 is 1.74 bits per heavy atom. The van der Waals surface area contributed by atoms with E-state index in [4.69, 9.17) is 9.47 Å². The molecule has 194 valence electrons. The number of benzene rings is 1. The number of halogens is 1. The summed E-state index contributed by atoms with van der Waals surface area (Å²) in [5.41, 5.74) is 1.91. The number of hydrogen-bond donors (Lipinski definition) is 4. The Balaban J connectivity index is 0.00000612. The van der Waals surface area contributed by atoms with Gasteiger partial charge < -0.3 is 30.7 Å². The van der Waals surface area contributed by atoms with Gasteiger partial charge in [-0.2, -0.15) is 0 Å². The zero-order valence-electron chi connectivity index (χ0n) is 20.1. The third-order valence-electron chi connectivity index (χ3n) is 5.11. The van der Waals surface area contributed by atoms with Crippen LogP contribution in [0.1, 0.15) is 39.2 Å². The number of esters is 2. The number of amides is 3. The molecule has 1 unspecified atom stereocenters. The minimum absolute atomic E-state index is 0. The predicted molar refractivity (Wildman–Crippen MR) is 130 cm³/mol. The normalized spacial score (nSPS) is 15.2. The van der Waals surface area contributed by atoms with Crippen LogP contribution in [0.4, 0.5) is 5.69 Å². The fourth-order valence-electron chi connectivity index (χ4n) is 3.39. The van der Waals surface area contributed by atoms with Crippen molar-refractivity contribution in [2.75, 3.05) is 25.1 Å². The van der Waals surface area contributed by atoms with Gasteiger partial charge in [0.2, 0.25) is 17.7 Å². The van der Waals surface area contributed by atoms with Crippen LogP contribution in [-0.2, 0) is 39.9 Å². The van der Waals surface area contributed by atoms with Crippen molar-refractivity contribution < 1.29 is 33.4 Å². The maximum absolute atomic E-state index is 12.5. The van der Waals surface area contributed by atoms with E-state index in [1.807, 2.05) is 24.3 Å². The number of hydrogen-bond acceptors (Lipinski definition) is 8. The van der Waals surface area contributed by atoms with Crippen LogP contribution in [0.5, 0.6) is 0 Å². The summed E-state index contributed by atoms with van der Waals surface area (Å²) in [6.07, 6.45) is 0.434. The molecule has 0 fully saturated rings. The molecule has 0 bridgehead atoms. The minimum Gasteiger partial charge on any atom is -0.466 e. The molecule has 0 spiro atoms. The third-order valence-corrected chi connectivity index (χ3v) is 5.11. The van der Waals surface area contributed by atoms with Crippen LogP contribution in [0.15, 0.2) is 24.3 Å². The van der Waals surface area contributed by atoms with Crippen LogP contribution in [0, 0.1) is 0 Å². The highest BCUT2D eigenvalue weighted by Crippen LogP contribution is 2.24. The van der Waals surface area contributed by atoms with Crippen molar-refractivity contribution in [1.82, 2.24) is 16.0 Å². The molecule has 0 saturated carbocycles. The highest BCUT2D eigenvalue weighted by atomic mass is 35.5. The molecule has 0 aromatic heterocycles. The minimum atomic E-state index is -1.06. The van der Waals surface area contributed by atoms with Crippen LogP contribution >= 0.6 is 12.4 Å². The van der Waals surface area contributed by atoms with E-state index < -0.39 is 41.9 Å². The van der Waals surface area contributed by atoms with E-state index in [0.717, 1.165) is 11.3 Å². The second-order valence-electron chi connectivity index (χ2n) is 7.72. The molecule has 0 radical (unpaired) electrons. The lowest BCUT2D eigenvalue weighted by Gasteiger charge is -2.20. The first kappa shape index (κ1) is 29.7. The first-order valence-corrected chi connectivity index (χ1v) is 11.3. The molecular formula is C23H33ClN4O7. The molecule has 1 aliphatic rings.